The Kier molecular flexibility index (Phi) is 3.44. The number of rotatable bonds is 3. The molecule has 0 aliphatic carbocycles. The number of nitrogens with zero attached hydrogens (tertiary/aromatic N) is 1. The third kappa shape index (κ3) is 2.79. The molecule has 0 bridgehead atoms. The van der Waals surface area contributed by atoms with Gasteiger partial charge in [-0.1, -0.05) is 42.0 Å². The number of hydrogen-bond donors (Lipinski definition) is 1. The van der Waals surface area contributed by atoms with Gasteiger partial charge >= 0.3 is 5.63 Å². The van der Waals surface area contributed by atoms with E-state index in [0.717, 1.165) is 11.1 Å². The van der Waals surface area contributed by atoms with Crippen LogP contribution < -0.4 is 10.9 Å². The maximum Gasteiger partial charge on any atom is 0.348 e. The highest BCUT2D eigenvalue weighted by Crippen LogP contribution is 2.18. The molecule has 0 saturated heterocycles. The summed E-state index contributed by atoms with van der Waals surface area (Å²) in [6, 6.07) is 15.7. The van der Waals surface area contributed by atoms with Crippen molar-refractivity contribution in [2.45, 2.75) is 19.9 Å². The van der Waals surface area contributed by atoms with E-state index in [4.69, 9.17) is 4.42 Å². The minimum Gasteiger partial charge on any atom is -0.389 e. The summed E-state index contributed by atoms with van der Waals surface area (Å²) in [6.07, 6.45) is 0. The molecule has 0 aliphatic rings. The quantitative estimate of drug-likeness (QED) is 0.795. The Morgan fingerprint density at radius 2 is 1.90 bits per heavy atom. The highest BCUT2D eigenvalue weighted by molar-refractivity contribution is 5.78. The van der Waals surface area contributed by atoms with E-state index >= 15 is 0 Å². The zero-order valence-corrected chi connectivity index (χ0v) is 12.0. The smallest absolute Gasteiger partial charge is 0.348 e. The van der Waals surface area contributed by atoms with Crippen molar-refractivity contribution in [1.29, 1.82) is 0 Å². The molecular formula is C17H16N2O2. The zero-order chi connectivity index (χ0) is 14.8. The molecule has 0 amide bonds. The molecule has 1 N–H and O–H groups in total. The lowest BCUT2D eigenvalue weighted by molar-refractivity contribution is 0.510. The van der Waals surface area contributed by atoms with Gasteiger partial charge in [0.15, 0.2) is 0 Å². The Morgan fingerprint density at radius 1 is 1.14 bits per heavy atom. The molecule has 21 heavy (non-hydrogen) atoms. The van der Waals surface area contributed by atoms with Crippen molar-refractivity contribution in [2.24, 2.45) is 0 Å². The summed E-state index contributed by atoms with van der Waals surface area (Å²) in [5.41, 5.74) is 2.38. The van der Waals surface area contributed by atoms with Crippen LogP contribution in [0.2, 0.25) is 0 Å². The van der Waals surface area contributed by atoms with Gasteiger partial charge in [0.25, 0.3) is 6.01 Å². The van der Waals surface area contributed by atoms with Crippen LogP contribution in [0, 0.1) is 6.92 Å². The molecule has 0 spiro atoms. The molecule has 0 unspecified atom stereocenters. The van der Waals surface area contributed by atoms with E-state index in [1.165, 1.54) is 0 Å². The predicted molar refractivity (Wildman–Crippen MR) is 83.5 cm³/mol. The number of aryl methyl sites for hydroxylation is 1. The largest absolute Gasteiger partial charge is 0.389 e. The number of hydrogen-bond acceptors (Lipinski definition) is 4. The average Bonchev–Trinajstić information content (AvgIpc) is 2.49. The van der Waals surface area contributed by atoms with Gasteiger partial charge < -0.3 is 9.73 Å². The molecule has 0 aliphatic heterocycles. The molecule has 1 heterocycles. The molecule has 3 aromatic rings. The van der Waals surface area contributed by atoms with E-state index < -0.39 is 0 Å². The minimum atomic E-state index is -0.369. The first-order valence-electron chi connectivity index (χ1n) is 6.86. The van der Waals surface area contributed by atoms with Gasteiger partial charge in [0.1, 0.15) is 0 Å². The van der Waals surface area contributed by atoms with E-state index in [2.05, 4.69) is 10.3 Å². The van der Waals surface area contributed by atoms with Crippen molar-refractivity contribution in [3.8, 4) is 0 Å². The predicted octanol–water partition coefficient (Wildman–Crippen LogP) is 3.67. The molecule has 4 nitrogen and oxygen atoms in total. The van der Waals surface area contributed by atoms with Crippen molar-refractivity contribution < 1.29 is 4.42 Å². The zero-order valence-electron chi connectivity index (χ0n) is 12.0. The van der Waals surface area contributed by atoms with Crippen molar-refractivity contribution in [1.82, 2.24) is 4.98 Å². The number of aromatic nitrogens is 1. The third-order valence-corrected chi connectivity index (χ3v) is 3.42. The fourth-order valence-electron chi connectivity index (χ4n) is 2.26. The third-order valence-electron chi connectivity index (χ3n) is 3.42. The maximum absolute atomic E-state index is 12.0. The van der Waals surface area contributed by atoms with Crippen LogP contribution in [-0.4, -0.2) is 4.98 Å². The minimum absolute atomic E-state index is 0.00440. The van der Waals surface area contributed by atoms with Crippen molar-refractivity contribution >= 4 is 16.9 Å². The van der Waals surface area contributed by atoms with Gasteiger partial charge in [0.05, 0.1) is 16.9 Å². The fourth-order valence-corrected chi connectivity index (χ4v) is 2.26. The molecule has 4 heteroatoms. The summed E-state index contributed by atoms with van der Waals surface area (Å²) in [6.45, 7) is 3.93. The average molecular weight is 280 g/mol. The number of fused-ring (bicyclic) bond motifs is 1. The monoisotopic (exact) mass is 280 g/mol. The van der Waals surface area contributed by atoms with Crippen LogP contribution in [0.5, 0.6) is 0 Å². The van der Waals surface area contributed by atoms with E-state index in [0.29, 0.717) is 10.9 Å². The second-order valence-electron chi connectivity index (χ2n) is 5.10. The fraction of sp³-hybridized carbons (Fsp3) is 0.176. The lowest BCUT2D eigenvalue weighted by Crippen LogP contribution is -2.11. The van der Waals surface area contributed by atoms with Crippen LogP contribution in [0.15, 0.2) is 57.7 Å². The summed E-state index contributed by atoms with van der Waals surface area (Å²) in [7, 11) is 0. The number of anilines is 1. The van der Waals surface area contributed by atoms with Crippen molar-refractivity contribution in [2.75, 3.05) is 5.32 Å². The van der Waals surface area contributed by atoms with Gasteiger partial charge in [-0.3, -0.25) is 0 Å². The molecule has 0 radical (unpaired) electrons. The Bertz CT molecular complexity index is 825. The molecule has 0 fully saturated rings. The lowest BCUT2D eigenvalue weighted by Gasteiger charge is -2.13. The van der Waals surface area contributed by atoms with Crippen LogP contribution >= 0.6 is 0 Å². The normalized spacial score (nSPS) is 12.3. The van der Waals surface area contributed by atoms with E-state index in [1.54, 1.807) is 6.07 Å². The topological polar surface area (TPSA) is 55.1 Å². The summed E-state index contributed by atoms with van der Waals surface area (Å²) in [4.78, 5) is 16.4. The van der Waals surface area contributed by atoms with Crippen molar-refractivity contribution in [3.05, 3.63) is 70.1 Å². The maximum atomic E-state index is 12.0. The molecule has 0 saturated carbocycles. The van der Waals surface area contributed by atoms with Gasteiger partial charge in [-0.25, -0.2) is 4.79 Å². The van der Waals surface area contributed by atoms with Gasteiger partial charge in [0, 0.05) is 0 Å². The second kappa shape index (κ2) is 5.40. The molecule has 3 rings (SSSR count). The van der Waals surface area contributed by atoms with E-state index in [9.17, 15) is 4.79 Å². The standard InChI is InChI=1S/C17H16N2O2/c1-11-8-9-15-14(10-11)16(20)21-17(19-15)18-12(2)13-6-4-3-5-7-13/h3-10,12H,1-2H3,(H,18,19)/t12-/m1/s1. The first kappa shape index (κ1) is 13.4. The molecule has 2 aromatic carbocycles. The summed E-state index contributed by atoms with van der Waals surface area (Å²) >= 11 is 0. The van der Waals surface area contributed by atoms with Gasteiger partial charge in [-0.15, -0.1) is 0 Å². The highest BCUT2D eigenvalue weighted by Gasteiger charge is 2.10. The van der Waals surface area contributed by atoms with E-state index in [-0.39, 0.29) is 17.7 Å². The van der Waals surface area contributed by atoms with Gasteiger partial charge in [-0.05, 0) is 31.5 Å². The van der Waals surface area contributed by atoms with Gasteiger partial charge in [-0.2, -0.15) is 4.98 Å². The van der Waals surface area contributed by atoms with Crippen molar-refractivity contribution in [3.63, 3.8) is 0 Å². The molecule has 1 aromatic heterocycles. The first-order chi connectivity index (χ1) is 10.1. The SMILES string of the molecule is Cc1ccc2nc(N[C@H](C)c3ccccc3)oc(=O)c2c1. The number of nitrogens with one attached hydrogen (secondary N) is 1. The van der Waals surface area contributed by atoms with E-state index in [1.807, 2.05) is 56.3 Å². The number of benzene rings is 2. The summed E-state index contributed by atoms with van der Waals surface area (Å²) < 4.78 is 5.26. The van der Waals surface area contributed by atoms with Crippen LogP contribution in [0.25, 0.3) is 10.9 Å². The lowest BCUT2D eigenvalue weighted by atomic mass is 10.1. The van der Waals surface area contributed by atoms with Crippen LogP contribution in [0.4, 0.5) is 6.01 Å². The second-order valence-corrected chi connectivity index (χ2v) is 5.10. The van der Waals surface area contributed by atoms with Gasteiger partial charge in [0.2, 0.25) is 0 Å². The molecular weight excluding hydrogens is 264 g/mol. The molecule has 1 atom stereocenters. The summed E-state index contributed by atoms with van der Waals surface area (Å²) in [5.74, 6) is 0. The van der Waals surface area contributed by atoms with Crippen LogP contribution in [0.1, 0.15) is 24.1 Å². The van der Waals surface area contributed by atoms with Crippen LogP contribution in [-0.2, 0) is 0 Å². The Morgan fingerprint density at radius 3 is 2.67 bits per heavy atom. The highest BCUT2D eigenvalue weighted by atomic mass is 16.4. The Hall–Kier alpha value is -2.62. The molecule has 106 valence electrons. The Labute approximate surface area is 122 Å². The van der Waals surface area contributed by atoms with Crippen LogP contribution in [0.3, 0.4) is 0 Å². The Balaban J connectivity index is 1.95. The first-order valence-corrected chi connectivity index (χ1v) is 6.86. The summed E-state index contributed by atoms with van der Waals surface area (Å²) in [5, 5.41) is 3.64.